The van der Waals surface area contributed by atoms with Gasteiger partial charge in [0.05, 0.1) is 30.3 Å². The van der Waals surface area contributed by atoms with Crippen molar-refractivity contribution in [2.75, 3.05) is 13.2 Å². The number of benzene rings is 2. The minimum Gasteiger partial charge on any atom is -0.373 e. The molecule has 2 aromatic rings. The van der Waals surface area contributed by atoms with Crippen LogP contribution in [-0.2, 0) is 19.5 Å². The van der Waals surface area contributed by atoms with E-state index in [-0.39, 0.29) is 18.2 Å². The number of nitrogens with one attached hydrogen (secondary N) is 1. The van der Waals surface area contributed by atoms with E-state index in [0.29, 0.717) is 24.5 Å². The molecule has 0 amide bonds. The van der Waals surface area contributed by atoms with Gasteiger partial charge in [-0.25, -0.2) is 13.1 Å². The lowest BCUT2D eigenvalue weighted by Gasteiger charge is -2.38. The van der Waals surface area contributed by atoms with Crippen LogP contribution in [0.25, 0.3) is 10.8 Å². The minimum atomic E-state index is -3.57. The van der Waals surface area contributed by atoms with E-state index in [0.717, 1.165) is 23.6 Å². The summed E-state index contributed by atoms with van der Waals surface area (Å²) in [7, 11) is -3.57. The summed E-state index contributed by atoms with van der Waals surface area (Å²) in [5.41, 5.74) is 0. The second-order valence-electron chi connectivity index (χ2n) is 6.43. The van der Waals surface area contributed by atoms with E-state index in [1.165, 1.54) is 0 Å². The predicted molar refractivity (Wildman–Crippen MR) is 91.4 cm³/mol. The SMILES string of the molecule is O=S(=O)(NC1CCC2OCCOC2C1)c1cccc2ccccc12. The molecule has 0 aromatic heterocycles. The highest BCUT2D eigenvalue weighted by atomic mass is 32.2. The fourth-order valence-corrected chi connectivity index (χ4v) is 5.20. The molecule has 6 heteroatoms. The average Bonchev–Trinajstić information content (AvgIpc) is 2.61. The van der Waals surface area contributed by atoms with Gasteiger partial charge >= 0.3 is 0 Å². The monoisotopic (exact) mass is 347 g/mol. The Morgan fingerprint density at radius 1 is 0.917 bits per heavy atom. The number of fused-ring (bicyclic) bond motifs is 2. The third-order valence-corrected chi connectivity index (χ3v) is 6.42. The van der Waals surface area contributed by atoms with Crippen molar-refractivity contribution in [1.29, 1.82) is 0 Å². The average molecular weight is 347 g/mol. The summed E-state index contributed by atoms with van der Waals surface area (Å²) < 4.78 is 40.1. The molecule has 24 heavy (non-hydrogen) atoms. The predicted octanol–water partition coefficient (Wildman–Crippen LogP) is 2.45. The fraction of sp³-hybridized carbons (Fsp3) is 0.444. The lowest BCUT2D eigenvalue weighted by atomic mass is 9.90. The van der Waals surface area contributed by atoms with Gasteiger partial charge in [0.1, 0.15) is 0 Å². The standard InChI is InChI=1S/C18H21NO4S/c20-24(21,18-7-3-5-13-4-1-2-6-15(13)18)19-14-8-9-16-17(12-14)23-11-10-22-16/h1-7,14,16-17,19H,8-12H2. The highest BCUT2D eigenvalue weighted by molar-refractivity contribution is 7.89. The summed E-state index contributed by atoms with van der Waals surface area (Å²) in [6.45, 7) is 1.22. The topological polar surface area (TPSA) is 64.6 Å². The molecule has 3 atom stereocenters. The Bertz CT molecular complexity index is 831. The largest absolute Gasteiger partial charge is 0.373 e. The molecule has 1 heterocycles. The van der Waals surface area contributed by atoms with Crippen LogP contribution in [0.2, 0.25) is 0 Å². The molecule has 1 saturated heterocycles. The minimum absolute atomic E-state index is 0.00674. The van der Waals surface area contributed by atoms with E-state index in [1.807, 2.05) is 30.3 Å². The Morgan fingerprint density at radius 3 is 2.54 bits per heavy atom. The summed E-state index contributed by atoms with van der Waals surface area (Å²) >= 11 is 0. The van der Waals surface area contributed by atoms with Crippen molar-refractivity contribution in [3.05, 3.63) is 42.5 Å². The lowest BCUT2D eigenvalue weighted by molar-refractivity contribution is -0.156. The van der Waals surface area contributed by atoms with E-state index >= 15 is 0 Å². The zero-order chi connectivity index (χ0) is 16.6. The quantitative estimate of drug-likeness (QED) is 0.926. The van der Waals surface area contributed by atoms with Gasteiger partial charge in [0, 0.05) is 11.4 Å². The third-order valence-electron chi connectivity index (χ3n) is 4.84. The van der Waals surface area contributed by atoms with Gasteiger partial charge in [-0.1, -0.05) is 36.4 Å². The van der Waals surface area contributed by atoms with Crippen LogP contribution < -0.4 is 4.72 Å². The molecule has 1 saturated carbocycles. The molecule has 1 N–H and O–H groups in total. The van der Waals surface area contributed by atoms with E-state index in [9.17, 15) is 8.42 Å². The van der Waals surface area contributed by atoms with Gasteiger partial charge in [0.15, 0.2) is 0 Å². The molecule has 2 fully saturated rings. The van der Waals surface area contributed by atoms with Crippen molar-refractivity contribution < 1.29 is 17.9 Å². The van der Waals surface area contributed by atoms with Crippen molar-refractivity contribution in [2.45, 2.75) is 42.4 Å². The van der Waals surface area contributed by atoms with Crippen LogP contribution in [0.4, 0.5) is 0 Å². The summed E-state index contributed by atoms with van der Waals surface area (Å²) in [5.74, 6) is 0. The van der Waals surface area contributed by atoms with Gasteiger partial charge in [-0.3, -0.25) is 0 Å². The number of sulfonamides is 1. The van der Waals surface area contributed by atoms with E-state index in [2.05, 4.69) is 4.72 Å². The maximum atomic E-state index is 12.9. The molecule has 128 valence electrons. The lowest BCUT2D eigenvalue weighted by Crippen LogP contribution is -2.49. The molecule has 1 aliphatic carbocycles. The molecule has 1 aliphatic heterocycles. The zero-order valence-electron chi connectivity index (χ0n) is 13.4. The fourth-order valence-electron chi connectivity index (χ4n) is 3.69. The Balaban J connectivity index is 1.57. The van der Waals surface area contributed by atoms with E-state index in [4.69, 9.17) is 9.47 Å². The summed E-state index contributed by atoms with van der Waals surface area (Å²) in [6, 6.07) is 12.8. The Hall–Kier alpha value is -1.47. The number of hydrogen-bond acceptors (Lipinski definition) is 4. The van der Waals surface area contributed by atoms with Gasteiger partial charge < -0.3 is 9.47 Å². The van der Waals surface area contributed by atoms with Crippen molar-refractivity contribution in [2.24, 2.45) is 0 Å². The van der Waals surface area contributed by atoms with Crippen LogP contribution in [0.5, 0.6) is 0 Å². The normalized spacial score (nSPS) is 27.8. The van der Waals surface area contributed by atoms with Crippen LogP contribution in [0, 0.1) is 0 Å². The molecule has 3 unspecified atom stereocenters. The van der Waals surface area contributed by atoms with E-state index in [1.54, 1.807) is 12.1 Å². The Morgan fingerprint density at radius 2 is 1.67 bits per heavy atom. The summed E-state index contributed by atoms with van der Waals surface area (Å²) in [6.07, 6.45) is 2.36. The molecule has 0 bridgehead atoms. The molecular formula is C18H21NO4S. The first-order valence-electron chi connectivity index (χ1n) is 8.37. The van der Waals surface area contributed by atoms with Gasteiger partial charge in [-0.2, -0.15) is 0 Å². The maximum absolute atomic E-state index is 12.9. The van der Waals surface area contributed by atoms with Gasteiger partial charge in [0.2, 0.25) is 10.0 Å². The third kappa shape index (κ3) is 3.07. The molecule has 2 aromatic carbocycles. The summed E-state index contributed by atoms with van der Waals surface area (Å²) in [4.78, 5) is 0.337. The van der Waals surface area contributed by atoms with Gasteiger partial charge in [-0.05, 0) is 30.7 Å². The first-order valence-corrected chi connectivity index (χ1v) is 9.85. The van der Waals surface area contributed by atoms with E-state index < -0.39 is 10.0 Å². The van der Waals surface area contributed by atoms with Crippen molar-refractivity contribution in [3.8, 4) is 0 Å². The zero-order valence-corrected chi connectivity index (χ0v) is 14.2. The maximum Gasteiger partial charge on any atom is 0.241 e. The molecular weight excluding hydrogens is 326 g/mol. The molecule has 5 nitrogen and oxygen atoms in total. The molecule has 2 aliphatic rings. The van der Waals surface area contributed by atoms with Crippen LogP contribution in [0.1, 0.15) is 19.3 Å². The Labute approximate surface area is 142 Å². The van der Waals surface area contributed by atoms with Crippen molar-refractivity contribution in [3.63, 3.8) is 0 Å². The molecule has 0 radical (unpaired) electrons. The van der Waals surface area contributed by atoms with Crippen molar-refractivity contribution in [1.82, 2.24) is 4.72 Å². The highest BCUT2D eigenvalue weighted by Gasteiger charge is 2.36. The number of hydrogen-bond donors (Lipinski definition) is 1. The smallest absolute Gasteiger partial charge is 0.241 e. The van der Waals surface area contributed by atoms with Crippen LogP contribution >= 0.6 is 0 Å². The highest BCUT2D eigenvalue weighted by Crippen LogP contribution is 2.29. The van der Waals surface area contributed by atoms with Crippen LogP contribution in [-0.4, -0.2) is 39.9 Å². The second-order valence-corrected chi connectivity index (χ2v) is 8.11. The number of ether oxygens (including phenoxy) is 2. The molecule has 4 rings (SSSR count). The first kappa shape index (κ1) is 16.0. The van der Waals surface area contributed by atoms with Crippen LogP contribution in [0.15, 0.2) is 47.4 Å². The van der Waals surface area contributed by atoms with Gasteiger partial charge in [0.25, 0.3) is 0 Å². The molecule has 0 spiro atoms. The first-order chi connectivity index (χ1) is 11.6. The van der Waals surface area contributed by atoms with Gasteiger partial charge in [-0.15, -0.1) is 0 Å². The second kappa shape index (κ2) is 6.44. The van der Waals surface area contributed by atoms with Crippen LogP contribution in [0.3, 0.4) is 0 Å². The summed E-state index contributed by atoms with van der Waals surface area (Å²) in [5, 5.41) is 1.67. The van der Waals surface area contributed by atoms with Crippen molar-refractivity contribution >= 4 is 20.8 Å². The Kier molecular flexibility index (Phi) is 4.30. The number of rotatable bonds is 3.